The Labute approximate surface area is 89.7 Å². The van der Waals surface area contributed by atoms with E-state index >= 15 is 0 Å². The SMILES string of the molecule is O=C(O)C(=O)Nc1c(F)c(F)c(F)c(F)c1F. The fourth-order valence-corrected chi connectivity index (χ4v) is 0.882. The molecule has 0 aliphatic carbocycles. The standard InChI is InChI=1S/C8H2F5NO3/c9-1-2(10)4(12)6(5(13)3(1)11)14-7(15)8(16)17/h(H,14,15)(H,16,17). The Morgan fingerprint density at radius 2 is 1.18 bits per heavy atom. The molecule has 1 aromatic rings. The number of carboxylic acids is 1. The third kappa shape index (κ3) is 2.17. The molecule has 17 heavy (non-hydrogen) atoms. The monoisotopic (exact) mass is 255 g/mol. The summed E-state index contributed by atoms with van der Waals surface area (Å²) in [5, 5.41) is 9.15. The number of amides is 1. The number of hydrogen-bond acceptors (Lipinski definition) is 2. The maximum atomic E-state index is 12.9. The van der Waals surface area contributed by atoms with Crippen LogP contribution in [0.4, 0.5) is 27.6 Å². The van der Waals surface area contributed by atoms with Gasteiger partial charge in [-0.1, -0.05) is 0 Å². The minimum atomic E-state index is -2.41. The van der Waals surface area contributed by atoms with Crippen molar-refractivity contribution in [1.82, 2.24) is 0 Å². The number of anilines is 1. The molecule has 0 fully saturated rings. The van der Waals surface area contributed by atoms with Gasteiger partial charge in [-0.3, -0.25) is 4.79 Å². The van der Waals surface area contributed by atoms with Gasteiger partial charge in [-0.2, -0.15) is 0 Å². The average Bonchev–Trinajstić information content (AvgIpc) is 2.29. The lowest BCUT2D eigenvalue weighted by atomic mass is 10.2. The van der Waals surface area contributed by atoms with E-state index in [1.165, 1.54) is 0 Å². The van der Waals surface area contributed by atoms with Crippen LogP contribution in [0.3, 0.4) is 0 Å². The quantitative estimate of drug-likeness (QED) is 0.345. The van der Waals surface area contributed by atoms with E-state index in [1.54, 1.807) is 0 Å². The molecule has 0 atom stereocenters. The third-order valence-electron chi connectivity index (χ3n) is 1.64. The van der Waals surface area contributed by atoms with Gasteiger partial charge in [0, 0.05) is 0 Å². The molecule has 0 aromatic heterocycles. The summed E-state index contributed by atoms with van der Waals surface area (Å²) in [7, 11) is 0. The van der Waals surface area contributed by atoms with E-state index in [0.29, 0.717) is 0 Å². The summed E-state index contributed by atoms with van der Waals surface area (Å²) in [6, 6.07) is 0. The van der Waals surface area contributed by atoms with Crippen molar-refractivity contribution >= 4 is 17.6 Å². The van der Waals surface area contributed by atoms with Crippen molar-refractivity contribution in [2.24, 2.45) is 0 Å². The Kier molecular flexibility index (Phi) is 3.30. The molecule has 0 aliphatic heterocycles. The first-order valence-electron chi connectivity index (χ1n) is 3.83. The van der Waals surface area contributed by atoms with E-state index in [0.717, 1.165) is 5.32 Å². The van der Waals surface area contributed by atoms with Crippen LogP contribution in [0.5, 0.6) is 0 Å². The Bertz CT molecular complexity index is 487. The molecule has 9 heteroatoms. The van der Waals surface area contributed by atoms with Crippen LogP contribution in [0.1, 0.15) is 0 Å². The summed E-state index contributed by atoms with van der Waals surface area (Å²) in [5.74, 6) is -15.7. The van der Waals surface area contributed by atoms with Gasteiger partial charge in [-0.15, -0.1) is 0 Å². The molecule has 4 nitrogen and oxygen atoms in total. The van der Waals surface area contributed by atoms with Gasteiger partial charge in [0.25, 0.3) is 0 Å². The molecule has 0 unspecified atom stereocenters. The van der Waals surface area contributed by atoms with Crippen molar-refractivity contribution in [3.05, 3.63) is 29.1 Å². The Morgan fingerprint density at radius 3 is 1.53 bits per heavy atom. The second kappa shape index (κ2) is 4.36. The van der Waals surface area contributed by atoms with Crippen LogP contribution in [-0.4, -0.2) is 17.0 Å². The number of halogens is 5. The average molecular weight is 255 g/mol. The molecule has 0 spiro atoms. The lowest BCUT2D eigenvalue weighted by molar-refractivity contribution is -0.147. The molecule has 0 saturated carbocycles. The number of nitrogens with one attached hydrogen (secondary N) is 1. The molecule has 92 valence electrons. The first-order valence-corrected chi connectivity index (χ1v) is 3.83. The number of carbonyl (C=O) groups excluding carboxylic acids is 1. The second-order valence-electron chi connectivity index (χ2n) is 2.70. The van der Waals surface area contributed by atoms with E-state index in [-0.39, 0.29) is 0 Å². The van der Waals surface area contributed by atoms with Crippen LogP contribution < -0.4 is 5.32 Å². The highest BCUT2D eigenvalue weighted by atomic mass is 19.2. The normalized spacial score (nSPS) is 10.2. The van der Waals surface area contributed by atoms with Gasteiger partial charge in [-0.25, -0.2) is 26.7 Å². The minimum Gasteiger partial charge on any atom is -0.474 e. The summed E-state index contributed by atoms with van der Waals surface area (Å²) >= 11 is 0. The van der Waals surface area contributed by atoms with E-state index in [2.05, 4.69) is 0 Å². The highest BCUT2D eigenvalue weighted by molar-refractivity contribution is 6.36. The smallest absolute Gasteiger partial charge is 0.394 e. The molecular formula is C8H2F5NO3. The van der Waals surface area contributed by atoms with Crippen LogP contribution in [0.25, 0.3) is 0 Å². The molecule has 2 N–H and O–H groups in total. The van der Waals surface area contributed by atoms with Crippen molar-refractivity contribution in [2.75, 3.05) is 5.32 Å². The van der Waals surface area contributed by atoms with Crippen molar-refractivity contribution in [3.8, 4) is 0 Å². The number of hydrogen-bond donors (Lipinski definition) is 2. The number of rotatable bonds is 1. The number of carboxylic acid groups (broad SMARTS) is 1. The van der Waals surface area contributed by atoms with E-state index in [9.17, 15) is 31.5 Å². The lowest BCUT2D eigenvalue weighted by Crippen LogP contribution is -2.24. The van der Waals surface area contributed by atoms with Crippen LogP contribution >= 0.6 is 0 Å². The molecule has 0 aliphatic rings. The van der Waals surface area contributed by atoms with Crippen molar-refractivity contribution in [1.29, 1.82) is 0 Å². The van der Waals surface area contributed by atoms with Gasteiger partial charge in [0.05, 0.1) is 0 Å². The van der Waals surface area contributed by atoms with Crippen LogP contribution in [0.15, 0.2) is 0 Å². The van der Waals surface area contributed by atoms with Crippen LogP contribution in [-0.2, 0) is 9.59 Å². The lowest BCUT2D eigenvalue weighted by Gasteiger charge is -2.07. The summed E-state index contributed by atoms with van der Waals surface area (Å²) in [6.45, 7) is 0. The summed E-state index contributed by atoms with van der Waals surface area (Å²) < 4.78 is 63.5. The van der Waals surface area contributed by atoms with Crippen molar-refractivity contribution in [2.45, 2.75) is 0 Å². The fourth-order valence-electron chi connectivity index (χ4n) is 0.882. The van der Waals surface area contributed by atoms with E-state index < -0.39 is 46.6 Å². The highest BCUT2D eigenvalue weighted by Crippen LogP contribution is 2.26. The summed E-state index contributed by atoms with van der Waals surface area (Å²) in [4.78, 5) is 20.6. The highest BCUT2D eigenvalue weighted by Gasteiger charge is 2.27. The number of aliphatic carboxylic acids is 1. The second-order valence-corrected chi connectivity index (χ2v) is 2.70. The van der Waals surface area contributed by atoms with Gasteiger partial charge < -0.3 is 10.4 Å². The molecule has 1 amide bonds. The molecule has 0 radical (unpaired) electrons. The molecule has 0 saturated heterocycles. The fraction of sp³-hybridized carbons (Fsp3) is 0. The zero-order valence-corrected chi connectivity index (χ0v) is 7.65. The van der Waals surface area contributed by atoms with Gasteiger partial charge in [0.2, 0.25) is 5.82 Å². The largest absolute Gasteiger partial charge is 0.474 e. The predicted molar refractivity (Wildman–Crippen MR) is 42.5 cm³/mol. The molecule has 1 aromatic carbocycles. The first kappa shape index (κ1) is 12.9. The third-order valence-corrected chi connectivity index (χ3v) is 1.64. The van der Waals surface area contributed by atoms with Crippen molar-refractivity contribution in [3.63, 3.8) is 0 Å². The van der Waals surface area contributed by atoms with Gasteiger partial charge in [-0.05, 0) is 0 Å². The zero-order valence-electron chi connectivity index (χ0n) is 7.65. The molecule has 0 heterocycles. The molecular weight excluding hydrogens is 253 g/mol. The Hall–Kier alpha value is -2.19. The van der Waals surface area contributed by atoms with Gasteiger partial charge >= 0.3 is 11.9 Å². The summed E-state index contributed by atoms with van der Waals surface area (Å²) in [6.07, 6.45) is 0. The van der Waals surface area contributed by atoms with Crippen LogP contribution in [0.2, 0.25) is 0 Å². The van der Waals surface area contributed by atoms with E-state index in [1.807, 2.05) is 0 Å². The maximum Gasteiger partial charge on any atom is 0.394 e. The number of carbonyl (C=O) groups is 2. The Balaban J connectivity index is 3.35. The van der Waals surface area contributed by atoms with Gasteiger partial charge in [0.15, 0.2) is 23.3 Å². The maximum absolute atomic E-state index is 12.9. The van der Waals surface area contributed by atoms with Crippen LogP contribution in [0, 0.1) is 29.1 Å². The first-order chi connectivity index (χ1) is 7.77. The predicted octanol–water partition coefficient (Wildman–Crippen LogP) is 1.41. The number of benzene rings is 1. The summed E-state index contributed by atoms with van der Waals surface area (Å²) in [5.41, 5.74) is -1.71. The zero-order chi connectivity index (χ0) is 13.3. The molecule has 1 rings (SSSR count). The topological polar surface area (TPSA) is 66.4 Å². The Morgan fingerprint density at radius 1 is 0.824 bits per heavy atom. The van der Waals surface area contributed by atoms with Gasteiger partial charge in [0.1, 0.15) is 5.69 Å². The van der Waals surface area contributed by atoms with Crippen molar-refractivity contribution < 1.29 is 36.6 Å². The van der Waals surface area contributed by atoms with E-state index in [4.69, 9.17) is 5.11 Å². The minimum absolute atomic E-state index is 1.05. The molecule has 0 bridgehead atoms.